The molecule has 21 heavy (non-hydrogen) atoms. The molecule has 3 atom stereocenters. The lowest BCUT2D eigenvalue weighted by Crippen LogP contribution is -2.57. The zero-order valence-corrected chi connectivity index (χ0v) is 14.2. The lowest BCUT2D eigenvalue weighted by molar-refractivity contribution is -0.135. The average molecular weight is 292 g/mol. The Morgan fingerprint density at radius 3 is 2.38 bits per heavy atom. The molecule has 3 heteroatoms. The number of fused-ring (bicyclic) bond motifs is 2. The first kappa shape index (κ1) is 15.3. The summed E-state index contributed by atoms with van der Waals surface area (Å²) in [5.74, 6) is 1.12. The fourth-order valence-electron chi connectivity index (χ4n) is 5.59. The van der Waals surface area contributed by atoms with Gasteiger partial charge in [-0.3, -0.25) is 4.79 Å². The Bertz CT molecular complexity index is 420. The molecule has 1 aliphatic heterocycles. The van der Waals surface area contributed by atoms with E-state index in [1.165, 1.54) is 19.3 Å². The summed E-state index contributed by atoms with van der Waals surface area (Å²) < 4.78 is 0. The van der Waals surface area contributed by atoms with E-state index in [1.807, 2.05) is 0 Å². The van der Waals surface area contributed by atoms with Gasteiger partial charge in [0, 0.05) is 6.04 Å². The third-order valence-electron chi connectivity index (χ3n) is 7.26. The SMILES string of the molecule is CCC1(C(=O)NC2C3(C)CCC(C3)C2(C)C)CCNCC1. The van der Waals surface area contributed by atoms with E-state index in [2.05, 4.69) is 38.3 Å². The summed E-state index contributed by atoms with van der Waals surface area (Å²) in [6.07, 6.45) is 6.87. The molecule has 3 nitrogen and oxygen atoms in total. The second-order valence-corrected chi connectivity index (χ2v) is 8.71. The van der Waals surface area contributed by atoms with Crippen molar-refractivity contribution in [3.8, 4) is 0 Å². The highest BCUT2D eigenvalue weighted by atomic mass is 16.2. The Hall–Kier alpha value is -0.570. The molecule has 3 rings (SSSR count). The molecule has 2 saturated carbocycles. The highest BCUT2D eigenvalue weighted by Crippen LogP contribution is 2.62. The molecule has 1 heterocycles. The molecule has 0 spiro atoms. The number of carbonyl (C=O) groups is 1. The molecule has 3 fully saturated rings. The van der Waals surface area contributed by atoms with Crippen molar-refractivity contribution < 1.29 is 4.79 Å². The number of amides is 1. The number of nitrogens with one attached hydrogen (secondary N) is 2. The Morgan fingerprint density at radius 2 is 1.86 bits per heavy atom. The van der Waals surface area contributed by atoms with Crippen molar-refractivity contribution in [1.82, 2.24) is 10.6 Å². The van der Waals surface area contributed by atoms with Gasteiger partial charge in [0.1, 0.15) is 0 Å². The fourth-order valence-corrected chi connectivity index (χ4v) is 5.59. The van der Waals surface area contributed by atoms with Crippen LogP contribution in [-0.2, 0) is 4.79 Å². The van der Waals surface area contributed by atoms with E-state index in [4.69, 9.17) is 0 Å². The van der Waals surface area contributed by atoms with Crippen molar-refractivity contribution in [3.05, 3.63) is 0 Å². The Balaban J connectivity index is 1.78. The van der Waals surface area contributed by atoms with Gasteiger partial charge in [-0.25, -0.2) is 0 Å². The zero-order chi connectivity index (χ0) is 15.3. The van der Waals surface area contributed by atoms with E-state index in [0.29, 0.717) is 17.4 Å². The van der Waals surface area contributed by atoms with Gasteiger partial charge in [-0.2, -0.15) is 0 Å². The smallest absolute Gasteiger partial charge is 0.226 e. The quantitative estimate of drug-likeness (QED) is 0.839. The highest BCUT2D eigenvalue weighted by Gasteiger charge is 2.60. The Kier molecular flexibility index (Phi) is 3.63. The van der Waals surface area contributed by atoms with Crippen LogP contribution in [0.25, 0.3) is 0 Å². The van der Waals surface area contributed by atoms with Gasteiger partial charge in [-0.1, -0.05) is 27.7 Å². The molecule has 2 bridgehead atoms. The van der Waals surface area contributed by atoms with Gasteiger partial charge in [0.15, 0.2) is 0 Å². The maximum absolute atomic E-state index is 13.1. The van der Waals surface area contributed by atoms with Crippen LogP contribution in [-0.4, -0.2) is 25.0 Å². The van der Waals surface area contributed by atoms with Crippen LogP contribution in [0, 0.1) is 22.2 Å². The van der Waals surface area contributed by atoms with E-state index in [0.717, 1.165) is 38.3 Å². The minimum Gasteiger partial charge on any atom is -0.352 e. The van der Waals surface area contributed by atoms with Crippen LogP contribution in [0.2, 0.25) is 0 Å². The molecule has 2 aliphatic carbocycles. The normalized spacial score (nSPS) is 40.2. The van der Waals surface area contributed by atoms with Crippen molar-refractivity contribution >= 4 is 5.91 Å². The minimum atomic E-state index is -0.125. The van der Waals surface area contributed by atoms with Crippen LogP contribution >= 0.6 is 0 Å². The van der Waals surface area contributed by atoms with Crippen LogP contribution in [0.15, 0.2) is 0 Å². The number of rotatable bonds is 3. The first-order valence-corrected chi connectivity index (χ1v) is 8.86. The predicted octanol–water partition coefficient (Wildman–Crippen LogP) is 3.10. The molecule has 0 aromatic carbocycles. The molecular weight excluding hydrogens is 260 g/mol. The molecule has 0 aromatic rings. The molecule has 3 unspecified atom stereocenters. The van der Waals surface area contributed by atoms with Gasteiger partial charge in [0.2, 0.25) is 5.91 Å². The van der Waals surface area contributed by atoms with E-state index in [9.17, 15) is 4.79 Å². The maximum Gasteiger partial charge on any atom is 0.226 e. The van der Waals surface area contributed by atoms with E-state index < -0.39 is 0 Å². The van der Waals surface area contributed by atoms with Crippen LogP contribution in [0.3, 0.4) is 0 Å². The topological polar surface area (TPSA) is 41.1 Å². The lowest BCUT2D eigenvalue weighted by Gasteiger charge is -2.45. The molecular formula is C18H32N2O. The summed E-state index contributed by atoms with van der Waals surface area (Å²) in [4.78, 5) is 13.1. The first-order valence-electron chi connectivity index (χ1n) is 8.86. The molecule has 0 aromatic heterocycles. The van der Waals surface area contributed by atoms with Crippen LogP contribution in [0.1, 0.15) is 66.2 Å². The maximum atomic E-state index is 13.1. The predicted molar refractivity (Wildman–Crippen MR) is 86.0 cm³/mol. The van der Waals surface area contributed by atoms with Crippen molar-refractivity contribution in [2.24, 2.45) is 22.2 Å². The molecule has 1 saturated heterocycles. The Morgan fingerprint density at radius 1 is 1.19 bits per heavy atom. The minimum absolute atomic E-state index is 0.125. The fraction of sp³-hybridized carbons (Fsp3) is 0.944. The van der Waals surface area contributed by atoms with Gasteiger partial charge < -0.3 is 10.6 Å². The highest BCUT2D eigenvalue weighted by molar-refractivity contribution is 5.83. The number of hydrogen-bond donors (Lipinski definition) is 2. The van der Waals surface area contributed by atoms with Crippen molar-refractivity contribution in [2.75, 3.05) is 13.1 Å². The summed E-state index contributed by atoms with van der Waals surface area (Å²) in [6.45, 7) is 11.3. The lowest BCUT2D eigenvalue weighted by atomic mass is 9.67. The van der Waals surface area contributed by atoms with Crippen LogP contribution in [0.4, 0.5) is 0 Å². The van der Waals surface area contributed by atoms with E-state index >= 15 is 0 Å². The first-order chi connectivity index (χ1) is 9.84. The third-order valence-corrected chi connectivity index (χ3v) is 7.26. The van der Waals surface area contributed by atoms with Crippen molar-refractivity contribution in [2.45, 2.75) is 72.3 Å². The van der Waals surface area contributed by atoms with Gasteiger partial charge in [0.25, 0.3) is 0 Å². The molecule has 120 valence electrons. The summed E-state index contributed by atoms with van der Waals surface area (Å²) in [7, 11) is 0. The number of hydrogen-bond acceptors (Lipinski definition) is 2. The molecule has 3 aliphatic rings. The molecule has 0 radical (unpaired) electrons. The molecule has 2 N–H and O–H groups in total. The van der Waals surface area contributed by atoms with Crippen molar-refractivity contribution in [1.29, 1.82) is 0 Å². The summed E-state index contributed by atoms with van der Waals surface area (Å²) >= 11 is 0. The van der Waals surface area contributed by atoms with Gasteiger partial charge >= 0.3 is 0 Å². The van der Waals surface area contributed by atoms with E-state index in [1.54, 1.807) is 0 Å². The van der Waals surface area contributed by atoms with Gasteiger partial charge in [-0.15, -0.1) is 0 Å². The summed E-state index contributed by atoms with van der Waals surface area (Å²) in [5.41, 5.74) is 0.454. The second-order valence-electron chi connectivity index (χ2n) is 8.71. The monoisotopic (exact) mass is 292 g/mol. The number of piperidine rings is 1. The average Bonchev–Trinajstić information content (AvgIpc) is 2.95. The van der Waals surface area contributed by atoms with E-state index in [-0.39, 0.29) is 10.8 Å². The molecule has 1 amide bonds. The van der Waals surface area contributed by atoms with Gasteiger partial charge in [0.05, 0.1) is 5.41 Å². The van der Waals surface area contributed by atoms with Gasteiger partial charge in [-0.05, 0) is 68.4 Å². The van der Waals surface area contributed by atoms with Crippen LogP contribution in [0.5, 0.6) is 0 Å². The summed E-state index contributed by atoms with van der Waals surface area (Å²) in [6, 6.07) is 0.356. The number of carbonyl (C=O) groups excluding carboxylic acids is 1. The van der Waals surface area contributed by atoms with Crippen molar-refractivity contribution in [3.63, 3.8) is 0 Å². The summed E-state index contributed by atoms with van der Waals surface area (Å²) in [5, 5.41) is 6.93. The third kappa shape index (κ3) is 2.23. The van der Waals surface area contributed by atoms with Crippen LogP contribution < -0.4 is 10.6 Å². The largest absolute Gasteiger partial charge is 0.352 e. The zero-order valence-electron chi connectivity index (χ0n) is 14.2. The standard InChI is InChI=1S/C18H32N2O/c1-5-18(8-10-19-11-9-18)15(21)20-14-16(2,3)13-6-7-17(14,4)12-13/h13-14,19H,5-12H2,1-4H3,(H,20,21). The second kappa shape index (κ2) is 4.97. The Labute approximate surface area is 129 Å².